The number of carbonyl (C=O) groups excluding carboxylic acids is 1. The predicted molar refractivity (Wildman–Crippen MR) is 102 cm³/mol. The maximum atomic E-state index is 12.5. The molecule has 1 amide bonds. The van der Waals surface area contributed by atoms with Gasteiger partial charge in [0.2, 0.25) is 0 Å². The van der Waals surface area contributed by atoms with Crippen LogP contribution in [0.15, 0.2) is 30.3 Å². The summed E-state index contributed by atoms with van der Waals surface area (Å²) < 4.78 is 0. The first kappa shape index (κ1) is 18.9. The highest BCUT2D eigenvalue weighted by molar-refractivity contribution is 6.03. The summed E-state index contributed by atoms with van der Waals surface area (Å²) in [5.41, 5.74) is 3.46. The normalized spacial score (nSPS) is 10.8. The van der Waals surface area contributed by atoms with E-state index in [2.05, 4.69) is 39.6 Å². The Bertz CT molecular complexity index is 675. The number of amides is 1. The summed E-state index contributed by atoms with van der Waals surface area (Å²) in [7, 11) is 4.03. The second-order valence-electron chi connectivity index (χ2n) is 6.15. The fourth-order valence-electron chi connectivity index (χ4n) is 2.54. The SMILES string of the molecule is CCc1cccc(CC)c1NC(=O)c1ccc(NCCN(C)C)nn1. The molecule has 0 aliphatic carbocycles. The molecule has 0 radical (unpaired) electrons. The fraction of sp³-hybridized carbons (Fsp3) is 0.421. The number of hydrogen-bond acceptors (Lipinski definition) is 5. The van der Waals surface area contributed by atoms with Crippen LogP contribution < -0.4 is 10.6 Å². The zero-order valence-electron chi connectivity index (χ0n) is 15.5. The van der Waals surface area contributed by atoms with Crippen LogP contribution in [0, 0.1) is 0 Å². The molecule has 0 bridgehead atoms. The van der Waals surface area contributed by atoms with Crippen molar-refractivity contribution in [1.29, 1.82) is 0 Å². The number of nitrogens with one attached hydrogen (secondary N) is 2. The molecule has 1 aromatic heterocycles. The Balaban J connectivity index is 2.06. The van der Waals surface area contributed by atoms with Crippen LogP contribution in [-0.2, 0) is 12.8 Å². The number of anilines is 2. The Morgan fingerprint density at radius 1 is 1.04 bits per heavy atom. The molecule has 0 saturated heterocycles. The van der Waals surface area contributed by atoms with Crippen molar-refractivity contribution in [2.45, 2.75) is 26.7 Å². The minimum Gasteiger partial charge on any atom is -0.367 e. The number of para-hydroxylation sites is 1. The first-order valence-corrected chi connectivity index (χ1v) is 8.69. The highest BCUT2D eigenvalue weighted by atomic mass is 16.1. The average Bonchev–Trinajstić information content (AvgIpc) is 2.62. The number of aryl methyl sites for hydroxylation is 2. The number of hydrogen-bond donors (Lipinski definition) is 2. The predicted octanol–water partition coefficient (Wildman–Crippen LogP) is 2.83. The zero-order valence-corrected chi connectivity index (χ0v) is 15.5. The largest absolute Gasteiger partial charge is 0.367 e. The summed E-state index contributed by atoms with van der Waals surface area (Å²) in [6.07, 6.45) is 1.73. The van der Waals surface area contributed by atoms with Gasteiger partial charge in [-0.25, -0.2) is 0 Å². The van der Waals surface area contributed by atoms with Crippen molar-refractivity contribution in [3.8, 4) is 0 Å². The molecule has 0 fully saturated rings. The van der Waals surface area contributed by atoms with Gasteiger partial charge in [-0.3, -0.25) is 4.79 Å². The summed E-state index contributed by atoms with van der Waals surface area (Å²) in [5, 5.41) is 14.3. The van der Waals surface area contributed by atoms with Crippen LogP contribution in [-0.4, -0.2) is 48.2 Å². The molecule has 2 rings (SSSR count). The minimum absolute atomic E-state index is 0.233. The van der Waals surface area contributed by atoms with Crippen LogP contribution in [0.1, 0.15) is 35.5 Å². The molecule has 2 N–H and O–H groups in total. The molecule has 0 aliphatic heterocycles. The zero-order chi connectivity index (χ0) is 18.2. The smallest absolute Gasteiger partial charge is 0.276 e. The molecule has 2 aromatic rings. The van der Waals surface area contributed by atoms with Gasteiger partial charge in [0.1, 0.15) is 5.82 Å². The maximum absolute atomic E-state index is 12.5. The quantitative estimate of drug-likeness (QED) is 0.773. The summed E-state index contributed by atoms with van der Waals surface area (Å²) in [6, 6.07) is 9.59. The molecule has 0 unspecified atom stereocenters. The van der Waals surface area contributed by atoms with Crippen molar-refractivity contribution in [2.24, 2.45) is 0 Å². The van der Waals surface area contributed by atoms with E-state index < -0.39 is 0 Å². The third-order valence-electron chi connectivity index (χ3n) is 4.00. The fourth-order valence-corrected chi connectivity index (χ4v) is 2.54. The van der Waals surface area contributed by atoms with E-state index in [0.29, 0.717) is 11.5 Å². The van der Waals surface area contributed by atoms with Crippen LogP contribution in [0.2, 0.25) is 0 Å². The molecule has 1 heterocycles. The van der Waals surface area contributed by atoms with E-state index in [-0.39, 0.29) is 5.91 Å². The number of nitrogens with zero attached hydrogens (tertiary/aromatic N) is 3. The van der Waals surface area contributed by atoms with Crippen molar-refractivity contribution in [3.63, 3.8) is 0 Å². The number of likely N-dealkylation sites (N-methyl/N-ethyl adjacent to an activating group) is 1. The Morgan fingerprint density at radius 3 is 2.24 bits per heavy atom. The lowest BCUT2D eigenvalue weighted by Crippen LogP contribution is -2.21. The lowest BCUT2D eigenvalue weighted by Gasteiger charge is -2.14. The van der Waals surface area contributed by atoms with Crippen molar-refractivity contribution in [3.05, 3.63) is 47.2 Å². The number of aromatic nitrogens is 2. The molecule has 6 heteroatoms. The number of carbonyl (C=O) groups is 1. The Kier molecular flexibility index (Phi) is 6.89. The van der Waals surface area contributed by atoms with Gasteiger partial charge in [-0.05, 0) is 50.2 Å². The Hall–Kier alpha value is -2.47. The first-order valence-electron chi connectivity index (χ1n) is 8.69. The van der Waals surface area contributed by atoms with Crippen molar-refractivity contribution in [2.75, 3.05) is 37.8 Å². The van der Waals surface area contributed by atoms with Gasteiger partial charge in [-0.1, -0.05) is 32.0 Å². The van der Waals surface area contributed by atoms with E-state index in [1.807, 2.05) is 32.3 Å². The molecule has 0 saturated carbocycles. The van der Waals surface area contributed by atoms with Gasteiger partial charge in [0.05, 0.1) is 0 Å². The lowest BCUT2D eigenvalue weighted by atomic mass is 10.0. The average molecular weight is 341 g/mol. The molecule has 6 nitrogen and oxygen atoms in total. The van der Waals surface area contributed by atoms with Crippen LogP contribution >= 0.6 is 0 Å². The van der Waals surface area contributed by atoms with Crippen LogP contribution in [0.4, 0.5) is 11.5 Å². The van der Waals surface area contributed by atoms with Crippen LogP contribution in [0.5, 0.6) is 0 Å². The second kappa shape index (κ2) is 9.13. The van der Waals surface area contributed by atoms with Gasteiger partial charge in [0.15, 0.2) is 5.69 Å². The van der Waals surface area contributed by atoms with Gasteiger partial charge in [0, 0.05) is 18.8 Å². The van der Waals surface area contributed by atoms with Crippen molar-refractivity contribution in [1.82, 2.24) is 15.1 Å². The van der Waals surface area contributed by atoms with Gasteiger partial charge in [-0.2, -0.15) is 0 Å². The van der Waals surface area contributed by atoms with E-state index in [0.717, 1.165) is 42.7 Å². The summed E-state index contributed by atoms with van der Waals surface area (Å²) >= 11 is 0. The summed E-state index contributed by atoms with van der Waals surface area (Å²) in [5.74, 6) is 0.435. The van der Waals surface area contributed by atoms with Crippen LogP contribution in [0.25, 0.3) is 0 Å². The topological polar surface area (TPSA) is 70.2 Å². The number of benzene rings is 1. The lowest BCUT2D eigenvalue weighted by molar-refractivity contribution is 0.102. The van der Waals surface area contributed by atoms with E-state index in [9.17, 15) is 4.79 Å². The first-order chi connectivity index (χ1) is 12.0. The van der Waals surface area contributed by atoms with Gasteiger partial charge in [-0.15, -0.1) is 10.2 Å². The molecule has 134 valence electrons. The van der Waals surface area contributed by atoms with E-state index >= 15 is 0 Å². The monoisotopic (exact) mass is 341 g/mol. The molecular weight excluding hydrogens is 314 g/mol. The standard InChI is InChI=1S/C19H27N5O/c1-5-14-8-7-9-15(6-2)18(14)21-19(25)16-10-11-17(23-22-16)20-12-13-24(3)4/h7-11H,5-6,12-13H2,1-4H3,(H,20,23)(H,21,25). The van der Waals surface area contributed by atoms with Crippen molar-refractivity contribution < 1.29 is 4.79 Å². The highest BCUT2D eigenvalue weighted by Crippen LogP contribution is 2.23. The molecule has 25 heavy (non-hydrogen) atoms. The molecule has 1 aromatic carbocycles. The summed E-state index contributed by atoms with van der Waals surface area (Å²) in [6.45, 7) is 5.84. The Labute approximate surface area is 149 Å². The summed E-state index contributed by atoms with van der Waals surface area (Å²) in [4.78, 5) is 14.6. The van der Waals surface area contributed by atoms with E-state index in [1.165, 1.54) is 0 Å². The molecule has 0 atom stereocenters. The second-order valence-corrected chi connectivity index (χ2v) is 6.15. The maximum Gasteiger partial charge on any atom is 0.276 e. The molecular formula is C19H27N5O. The Morgan fingerprint density at radius 2 is 1.72 bits per heavy atom. The van der Waals surface area contributed by atoms with Crippen molar-refractivity contribution >= 4 is 17.4 Å². The van der Waals surface area contributed by atoms with E-state index in [1.54, 1.807) is 12.1 Å². The third-order valence-corrected chi connectivity index (χ3v) is 4.00. The van der Waals surface area contributed by atoms with Crippen LogP contribution in [0.3, 0.4) is 0 Å². The molecule has 0 aliphatic rings. The third kappa shape index (κ3) is 5.26. The molecule has 0 spiro atoms. The van der Waals surface area contributed by atoms with Gasteiger partial charge in [0.25, 0.3) is 5.91 Å². The highest BCUT2D eigenvalue weighted by Gasteiger charge is 2.13. The number of rotatable bonds is 8. The minimum atomic E-state index is -0.233. The van der Waals surface area contributed by atoms with Gasteiger partial charge < -0.3 is 15.5 Å². The van der Waals surface area contributed by atoms with E-state index in [4.69, 9.17) is 0 Å². The van der Waals surface area contributed by atoms with Gasteiger partial charge >= 0.3 is 0 Å².